The number of nitrogens with one attached hydrogen (secondary N) is 2. The molecule has 0 aromatic heterocycles. The van der Waals surface area contributed by atoms with Gasteiger partial charge in [-0.05, 0) is 44.6 Å². The molecule has 4 N–H and O–H groups in total. The molecule has 6 nitrogen and oxygen atoms in total. The maximum Gasteiger partial charge on any atom is 0.240 e. The Morgan fingerprint density at radius 3 is 2.55 bits per heavy atom. The van der Waals surface area contributed by atoms with Gasteiger partial charge in [0, 0.05) is 12.1 Å². The van der Waals surface area contributed by atoms with E-state index in [4.69, 9.17) is 5.73 Å². The van der Waals surface area contributed by atoms with Crippen LogP contribution < -0.4 is 15.8 Å². The zero-order valence-corrected chi connectivity index (χ0v) is 13.1. The lowest BCUT2D eigenvalue weighted by molar-refractivity contribution is -0.116. The Bertz CT molecular complexity index is 561. The maximum atomic E-state index is 11.8. The van der Waals surface area contributed by atoms with Gasteiger partial charge in [0.05, 0.1) is 4.90 Å². The van der Waals surface area contributed by atoms with Crippen LogP contribution in [0.3, 0.4) is 0 Å². The Kier molecular flexibility index (Phi) is 7.74. The molecule has 1 aromatic carbocycles. The molecule has 0 fully saturated rings. The Hall–Kier alpha value is -1.15. The van der Waals surface area contributed by atoms with Gasteiger partial charge >= 0.3 is 0 Å². The van der Waals surface area contributed by atoms with E-state index in [2.05, 4.69) is 10.0 Å². The van der Waals surface area contributed by atoms with Crippen LogP contribution in [-0.4, -0.2) is 27.9 Å². The summed E-state index contributed by atoms with van der Waals surface area (Å²) in [6.07, 6.45) is 0.915. The Morgan fingerprint density at radius 2 is 2.00 bits per heavy atom. The molecule has 0 spiro atoms. The van der Waals surface area contributed by atoms with E-state index in [0.29, 0.717) is 30.6 Å². The number of amides is 1. The number of anilines is 1. The van der Waals surface area contributed by atoms with Crippen LogP contribution in [0.15, 0.2) is 23.1 Å². The molecule has 0 radical (unpaired) electrons. The molecular weight excluding hydrogens is 302 g/mol. The van der Waals surface area contributed by atoms with Crippen molar-refractivity contribution in [3.05, 3.63) is 23.8 Å². The number of nitrogens with two attached hydrogens (primary N) is 1. The second-order valence-electron chi connectivity index (χ2n) is 4.08. The predicted octanol–water partition coefficient (Wildman–Crippen LogP) is 1.00. The van der Waals surface area contributed by atoms with Crippen LogP contribution in [-0.2, 0) is 14.8 Å². The van der Waals surface area contributed by atoms with Crippen molar-refractivity contribution >= 4 is 34.0 Å². The maximum absolute atomic E-state index is 11.8. The van der Waals surface area contributed by atoms with Crippen LogP contribution in [0.5, 0.6) is 0 Å². The molecule has 0 atom stereocenters. The first-order chi connectivity index (χ1) is 8.92. The Balaban J connectivity index is 0.00000361. The lowest BCUT2D eigenvalue weighted by atomic mass is 10.2. The molecule has 1 amide bonds. The summed E-state index contributed by atoms with van der Waals surface area (Å²) in [4.78, 5) is 11.8. The fourth-order valence-corrected chi connectivity index (χ4v) is 2.62. The van der Waals surface area contributed by atoms with Gasteiger partial charge in [-0.25, -0.2) is 13.1 Å². The van der Waals surface area contributed by atoms with Crippen LogP contribution >= 0.6 is 12.4 Å². The molecule has 114 valence electrons. The topological polar surface area (TPSA) is 101 Å². The third kappa shape index (κ3) is 4.75. The van der Waals surface area contributed by atoms with Crippen LogP contribution in [0.25, 0.3) is 0 Å². The van der Waals surface area contributed by atoms with E-state index in [1.165, 1.54) is 13.1 Å². The molecule has 20 heavy (non-hydrogen) atoms. The minimum absolute atomic E-state index is 0. The van der Waals surface area contributed by atoms with E-state index in [1.807, 2.05) is 0 Å². The molecule has 0 heterocycles. The van der Waals surface area contributed by atoms with Gasteiger partial charge in [0.25, 0.3) is 0 Å². The van der Waals surface area contributed by atoms with Gasteiger partial charge in [-0.3, -0.25) is 4.79 Å². The van der Waals surface area contributed by atoms with Gasteiger partial charge in [-0.1, -0.05) is 6.07 Å². The quantitative estimate of drug-likeness (QED) is 0.727. The summed E-state index contributed by atoms with van der Waals surface area (Å²) in [6.45, 7) is 2.10. The van der Waals surface area contributed by atoms with E-state index < -0.39 is 10.0 Å². The molecule has 0 saturated heterocycles. The molecule has 0 saturated carbocycles. The summed E-state index contributed by atoms with van der Waals surface area (Å²) in [5, 5.41) is 2.69. The second kappa shape index (κ2) is 8.21. The van der Waals surface area contributed by atoms with Gasteiger partial charge in [0.2, 0.25) is 15.9 Å². The number of hydrogen-bond donors (Lipinski definition) is 3. The summed E-state index contributed by atoms with van der Waals surface area (Å²) in [5.74, 6) is -0.174. The number of halogens is 1. The number of carbonyl (C=O) groups excluding carboxylic acids is 1. The largest absolute Gasteiger partial charge is 0.330 e. The summed E-state index contributed by atoms with van der Waals surface area (Å²) in [7, 11) is -2.18. The van der Waals surface area contributed by atoms with Crippen LogP contribution in [0.1, 0.15) is 18.4 Å². The van der Waals surface area contributed by atoms with Crippen LogP contribution in [0.2, 0.25) is 0 Å². The SMILES string of the molecule is CNS(=O)(=O)c1cccc(NC(=O)CCCN)c1C.Cl. The molecule has 0 aliphatic carbocycles. The highest BCUT2D eigenvalue weighted by Gasteiger charge is 2.17. The standard InChI is InChI=1S/C12H19N3O3S.ClH/c1-9-10(15-12(16)7-4-8-13)5-3-6-11(9)19(17,18)14-2;/h3,5-6,14H,4,7-8,13H2,1-2H3,(H,15,16);1H. The second-order valence-corrected chi connectivity index (χ2v) is 5.93. The van der Waals surface area contributed by atoms with Gasteiger partial charge < -0.3 is 11.1 Å². The highest BCUT2D eigenvalue weighted by molar-refractivity contribution is 7.89. The van der Waals surface area contributed by atoms with Gasteiger partial charge in [0.15, 0.2) is 0 Å². The average Bonchev–Trinajstić information content (AvgIpc) is 2.38. The van der Waals surface area contributed by atoms with Crippen molar-refractivity contribution in [1.29, 1.82) is 0 Å². The van der Waals surface area contributed by atoms with Gasteiger partial charge in [-0.15, -0.1) is 12.4 Å². The minimum atomic E-state index is -3.53. The molecule has 0 bridgehead atoms. The van der Waals surface area contributed by atoms with Crippen molar-refractivity contribution in [2.45, 2.75) is 24.7 Å². The van der Waals surface area contributed by atoms with Crippen molar-refractivity contribution in [3.63, 3.8) is 0 Å². The zero-order chi connectivity index (χ0) is 14.5. The summed E-state index contributed by atoms with van der Waals surface area (Å²) >= 11 is 0. The van der Waals surface area contributed by atoms with Crippen molar-refractivity contribution in [3.8, 4) is 0 Å². The number of benzene rings is 1. The van der Waals surface area contributed by atoms with Gasteiger partial charge in [-0.2, -0.15) is 0 Å². The fourth-order valence-electron chi connectivity index (χ4n) is 1.63. The third-order valence-corrected chi connectivity index (χ3v) is 4.28. The van der Waals surface area contributed by atoms with Crippen LogP contribution in [0, 0.1) is 6.92 Å². The fraction of sp³-hybridized carbons (Fsp3) is 0.417. The molecule has 1 aromatic rings. The molecular formula is C12H20ClN3O3S. The summed E-state index contributed by atoms with van der Waals surface area (Å²) in [5.41, 5.74) is 6.34. The number of sulfonamides is 1. The monoisotopic (exact) mass is 321 g/mol. The number of carbonyl (C=O) groups is 1. The molecule has 0 unspecified atom stereocenters. The van der Waals surface area contributed by atoms with E-state index in [-0.39, 0.29) is 23.2 Å². The number of hydrogen-bond acceptors (Lipinski definition) is 4. The first-order valence-electron chi connectivity index (χ1n) is 5.95. The Labute approximate surface area is 125 Å². The molecule has 0 aliphatic rings. The smallest absolute Gasteiger partial charge is 0.240 e. The van der Waals surface area contributed by atoms with E-state index in [9.17, 15) is 13.2 Å². The number of rotatable bonds is 6. The van der Waals surface area contributed by atoms with Gasteiger partial charge in [0.1, 0.15) is 0 Å². The molecule has 1 rings (SSSR count). The zero-order valence-electron chi connectivity index (χ0n) is 11.5. The predicted molar refractivity (Wildman–Crippen MR) is 81.6 cm³/mol. The lowest BCUT2D eigenvalue weighted by Gasteiger charge is -2.12. The average molecular weight is 322 g/mol. The highest BCUT2D eigenvalue weighted by atomic mass is 35.5. The first kappa shape index (κ1) is 18.9. The highest BCUT2D eigenvalue weighted by Crippen LogP contribution is 2.22. The lowest BCUT2D eigenvalue weighted by Crippen LogP contribution is -2.21. The summed E-state index contributed by atoms with van der Waals surface area (Å²) in [6, 6.07) is 4.76. The van der Waals surface area contributed by atoms with Crippen molar-refractivity contribution in [1.82, 2.24) is 4.72 Å². The van der Waals surface area contributed by atoms with E-state index in [1.54, 1.807) is 19.1 Å². The minimum Gasteiger partial charge on any atom is -0.330 e. The molecule has 0 aliphatic heterocycles. The van der Waals surface area contributed by atoms with E-state index in [0.717, 1.165) is 0 Å². The summed E-state index contributed by atoms with van der Waals surface area (Å²) < 4.78 is 25.8. The van der Waals surface area contributed by atoms with Crippen molar-refractivity contribution in [2.75, 3.05) is 18.9 Å². The van der Waals surface area contributed by atoms with Crippen molar-refractivity contribution in [2.24, 2.45) is 5.73 Å². The Morgan fingerprint density at radius 1 is 1.35 bits per heavy atom. The molecule has 8 heteroatoms. The normalized spacial score (nSPS) is 10.8. The van der Waals surface area contributed by atoms with Crippen LogP contribution in [0.4, 0.5) is 5.69 Å². The first-order valence-corrected chi connectivity index (χ1v) is 7.43. The van der Waals surface area contributed by atoms with Crippen molar-refractivity contribution < 1.29 is 13.2 Å². The van der Waals surface area contributed by atoms with E-state index >= 15 is 0 Å². The third-order valence-electron chi connectivity index (χ3n) is 2.72.